The van der Waals surface area contributed by atoms with E-state index in [1.54, 1.807) is 0 Å². The van der Waals surface area contributed by atoms with Gasteiger partial charge in [-0.15, -0.1) is 0 Å². The van der Waals surface area contributed by atoms with Gasteiger partial charge in [-0.3, -0.25) is 0 Å². The summed E-state index contributed by atoms with van der Waals surface area (Å²) in [5.41, 5.74) is 1.36. The second-order valence-electron chi connectivity index (χ2n) is 3.89. The Balaban J connectivity index is 2.17. The summed E-state index contributed by atoms with van der Waals surface area (Å²) >= 11 is 0. The van der Waals surface area contributed by atoms with Gasteiger partial charge < -0.3 is 9.47 Å². The first kappa shape index (κ1) is 10.7. The summed E-state index contributed by atoms with van der Waals surface area (Å²) in [6.07, 6.45) is 5.69. The Labute approximate surface area is 80.9 Å². The fourth-order valence-corrected chi connectivity index (χ4v) is 1.39. The minimum absolute atomic E-state index is 0.0272. The van der Waals surface area contributed by atoms with Crippen molar-refractivity contribution in [3.05, 3.63) is 11.6 Å². The zero-order chi connectivity index (χ0) is 9.68. The van der Waals surface area contributed by atoms with Crippen molar-refractivity contribution in [3.8, 4) is 0 Å². The molecule has 1 aliphatic rings. The number of hydrogen-bond acceptors (Lipinski definition) is 2. The molecule has 1 heterocycles. The molecule has 2 unspecified atom stereocenters. The van der Waals surface area contributed by atoms with Crippen molar-refractivity contribution in [2.75, 3.05) is 6.61 Å². The van der Waals surface area contributed by atoms with Gasteiger partial charge in [-0.1, -0.05) is 11.6 Å². The van der Waals surface area contributed by atoms with Crippen LogP contribution in [0.2, 0.25) is 0 Å². The average molecular weight is 184 g/mol. The number of hydrogen-bond donors (Lipinski definition) is 0. The van der Waals surface area contributed by atoms with Crippen LogP contribution >= 0.6 is 0 Å². The molecule has 1 rings (SSSR count). The van der Waals surface area contributed by atoms with Gasteiger partial charge in [0.1, 0.15) is 0 Å². The van der Waals surface area contributed by atoms with E-state index in [-0.39, 0.29) is 6.29 Å². The Hall–Kier alpha value is -0.340. The molecule has 1 saturated heterocycles. The average Bonchev–Trinajstić information content (AvgIpc) is 2.03. The van der Waals surface area contributed by atoms with Crippen LogP contribution in [0, 0.1) is 0 Å². The van der Waals surface area contributed by atoms with E-state index in [1.165, 1.54) is 5.57 Å². The third-order valence-corrected chi connectivity index (χ3v) is 2.17. The molecule has 0 aromatic carbocycles. The zero-order valence-corrected chi connectivity index (χ0v) is 8.88. The fraction of sp³-hybridized carbons (Fsp3) is 0.818. The molecule has 0 radical (unpaired) electrons. The Kier molecular flexibility index (Phi) is 4.46. The third-order valence-electron chi connectivity index (χ3n) is 2.17. The maximum absolute atomic E-state index is 5.62. The molecule has 0 aromatic heterocycles. The van der Waals surface area contributed by atoms with E-state index in [0.717, 1.165) is 25.9 Å². The highest BCUT2D eigenvalue weighted by atomic mass is 16.7. The second kappa shape index (κ2) is 5.40. The van der Waals surface area contributed by atoms with E-state index < -0.39 is 0 Å². The van der Waals surface area contributed by atoms with Crippen LogP contribution in [-0.4, -0.2) is 19.0 Å². The van der Waals surface area contributed by atoms with Crippen molar-refractivity contribution in [2.45, 2.75) is 52.4 Å². The largest absolute Gasteiger partial charge is 0.353 e. The second-order valence-corrected chi connectivity index (χ2v) is 3.89. The summed E-state index contributed by atoms with van der Waals surface area (Å²) in [6.45, 7) is 7.19. The van der Waals surface area contributed by atoms with E-state index in [1.807, 2.05) is 0 Å². The van der Waals surface area contributed by atoms with Crippen LogP contribution in [0.25, 0.3) is 0 Å². The van der Waals surface area contributed by atoms with Gasteiger partial charge in [-0.05, 0) is 33.6 Å². The van der Waals surface area contributed by atoms with Gasteiger partial charge in [0, 0.05) is 6.42 Å². The number of ether oxygens (including phenoxy) is 2. The minimum Gasteiger partial charge on any atom is -0.353 e. The highest BCUT2D eigenvalue weighted by molar-refractivity contribution is 4.92. The summed E-state index contributed by atoms with van der Waals surface area (Å²) in [7, 11) is 0. The molecule has 2 atom stereocenters. The van der Waals surface area contributed by atoms with Crippen molar-refractivity contribution in [3.63, 3.8) is 0 Å². The molecule has 2 nitrogen and oxygen atoms in total. The van der Waals surface area contributed by atoms with Crippen LogP contribution in [0.3, 0.4) is 0 Å². The van der Waals surface area contributed by atoms with E-state index >= 15 is 0 Å². The maximum Gasteiger partial charge on any atom is 0.158 e. The smallest absolute Gasteiger partial charge is 0.158 e. The summed E-state index contributed by atoms with van der Waals surface area (Å²) < 4.78 is 11.1. The molecule has 76 valence electrons. The van der Waals surface area contributed by atoms with Crippen molar-refractivity contribution in [1.29, 1.82) is 0 Å². The molecule has 0 amide bonds. The number of allylic oxidation sites excluding steroid dienone is 2. The molecule has 1 fully saturated rings. The monoisotopic (exact) mass is 184 g/mol. The van der Waals surface area contributed by atoms with Crippen LogP contribution < -0.4 is 0 Å². The summed E-state index contributed by atoms with van der Waals surface area (Å²) in [5.74, 6) is 0. The van der Waals surface area contributed by atoms with Gasteiger partial charge in [-0.2, -0.15) is 0 Å². The van der Waals surface area contributed by atoms with Crippen molar-refractivity contribution in [2.24, 2.45) is 0 Å². The van der Waals surface area contributed by atoms with Gasteiger partial charge >= 0.3 is 0 Å². The molecular formula is C11H20O2. The lowest BCUT2D eigenvalue weighted by atomic mass is 10.2. The Morgan fingerprint density at radius 1 is 1.46 bits per heavy atom. The molecule has 0 bridgehead atoms. The van der Waals surface area contributed by atoms with E-state index in [9.17, 15) is 0 Å². The Bertz CT molecular complexity index is 171. The first-order valence-corrected chi connectivity index (χ1v) is 5.09. The first-order chi connectivity index (χ1) is 6.18. The van der Waals surface area contributed by atoms with E-state index in [4.69, 9.17) is 9.47 Å². The van der Waals surface area contributed by atoms with Gasteiger partial charge in [0.15, 0.2) is 6.29 Å². The first-order valence-electron chi connectivity index (χ1n) is 5.09. The van der Waals surface area contributed by atoms with Crippen molar-refractivity contribution < 1.29 is 9.47 Å². The molecule has 0 aromatic rings. The summed E-state index contributed by atoms with van der Waals surface area (Å²) in [4.78, 5) is 0. The van der Waals surface area contributed by atoms with E-state index in [2.05, 4.69) is 26.8 Å². The molecule has 2 heteroatoms. The van der Waals surface area contributed by atoms with Gasteiger partial charge in [0.25, 0.3) is 0 Å². The standard InChI is InChI=1S/C11H20O2/c1-9(2)5-4-6-11-12-8-7-10(3)13-11/h5,10-11H,4,6-8H2,1-3H3. The zero-order valence-electron chi connectivity index (χ0n) is 8.88. The van der Waals surface area contributed by atoms with Crippen LogP contribution in [0.15, 0.2) is 11.6 Å². The van der Waals surface area contributed by atoms with Crippen LogP contribution in [-0.2, 0) is 9.47 Å². The van der Waals surface area contributed by atoms with Crippen molar-refractivity contribution >= 4 is 0 Å². The quantitative estimate of drug-likeness (QED) is 0.628. The highest BCUT2D eigenvalue weighted by Crippen LogP contribution is 2.16. The normalized spacial score (nSPS) is 28.5. The van der Waals surface area contributed by atoms with Crippen LogP contribution in [0.5, 0.6) is 0 Å². The van der Waals surface area contributed by atoms with Crippen LogP contribution in [0.4, 0.5) is 0 Å². The van der Waals surface area contributed by atoms with Gasteiger partial charge in [0.05, 0.1) is 12.7 Å². The molecule has 1 aliphatic heterocycles. The molecule has 0 aliphatic carbocycles. The highest BCUT2D eigenvalue weighted by Gasteiger charge is 2.18. The summed E-state index contributed by atoms with van der Waals surface area (Å²) in [5, 5.41) is 0. The Morgan fingerprint density at radius 3 is 2.85 bits per heavy atom. The third kappa shape index (κ3) is 4.44. The molecule has 13 heavy (non-hydrogen) atoms. The van der Waals surface area contributed by atoms with Crippen molar-refractivity contribution in [1.82, 2.24) is 0 Å². The van der Waals surface area contributed by atoms with E-state index in [0.29, 0.717) is 6.10 Å². The SMILES string of the molecule is CC(C)=CCCC1OCCC(C)O1. The van der Waals surface area contributed by atoms with Crippen LogP contribution in [0.1, 0.15) is 40.0 Å². The lowest BCUT2D eigenvalue weighted by molar-refractivity contribution is -0.209. The number of rotatable bonds is 3. The lowest BCUT2D eigenvalue weighted by Crippen LogP contribution is -2.30. The molecule has 0 saturated carbocycles. The Morgan fingerprint density at radius 2 is 2.23 bits per heavy atom. The predicted molar refractivity (Wildman–Crippen MR) is 53.6 cm³/mol. The predicted octanol–water partition coefficient (Wildman–Crippen LogP) is 2.88. The molecule has 0 N–H and O–H groups in total. The van der Waals surface area contributed by atoms with Gasteiger partial charge in [-0.25, -0.2) is 0 Å². The topological polar surface area (TPSA) is 18.5 Å². The van der Waals surface area contributed by atoms with Gasteiger partial charge in [0.2, 0.25) is 0 Å². The summed E-state index contributed by atoms with van der Waals surface area (Å²) in [6, 6.07) is 0. The molecule has 0 spiro atoms. The molecular weight excluding hydrogens is 164 g/mol. The maximum atomic E-state index is 5.62. The fourth-order valence-electron chi connectivity index (χ4n) is 1.39. The minimum atomic E-state index is 0.0272. The lowest BCUT2D eigenvalue weighted by Gasteiger charge is -2.27.